The van der Waals surface area contributed by atoms with Gasteiger partial charge in [0.15, 0.2) is 0 Å². The van der Waals surface area contributed by atoms with Crippen LogP contribution in [0, 0.1) is 25.7 Å². The molecule has 8 heteroatoms. The minimum atomic E-state index is -0.0267. The molecule has 4 heterocycles. The number of amides is 1. The van der Waals surface area contributed by atoms with Crippen molar-refractivity contribution in [2.24, 2.45) is 11.8 Å². The molecule has 2 aliphatic heterocycles. The van der Waals surface area contributed by atoms with Crippen molar-refractivity contribution >= 4 is 39.9 Å². The third-order valence-corrected chi connectivity index (χ3v) is 7.21. The number of halogens is 1. The molecule has 4 rings (SSSR count). The second kappa shape index (κ2) is 8.29. The fourth-order valence-electron chi connectivity index (χ4n) is 4.27. The number of fused-ring (bicyclic) bond motifs is 2. The highest BCUT2D eigenvalue weighted by molar-refractivity contribution is 7.18. The van der Waals surface area contributed by atoms with Crippen molar-refractivity contribution < 1.29 is 4.79 Å². The molecule has 0 spiro atoms. The molecule has 2 saturated heterocycles. The summed E-state index contributed by atoms with van der Waals surface area (Å²) in [6.07, 6.45) is 4.13. The van der Waals surface area contributed by atoms with Crippen LogP contribution >= 0.6 is 23.7 Å². The second-order valence-corrected chi connectivity index (χ2v) is 8.80. The third-order valence-electron chi connectivity index (χ3n) is 6.09. The van der Waals surface area contributed by atoms with Crippen LogP contribution in [-0.4, -0.2) is 46.5 Å². The minimum Gasteiger partial charge on any atom is -0.343 e. The highest BCUT2D eigenvalue weighted by Gasteiger charge is 2.31. The van der Waals surface area contributed by atoms with Gasteiger partial charge >= 0.3 is 0 Å². The highest BCUT2D eigenvalue weighted by Crippen LogP contribution is 2.27. The standard InChI is InChI=1S/C19H26N4O2S.ClH/c1-12-13(2)26-18-17(12)19(25)23(11-21-18)8-5-16(24)22-6-3-14-9-20-10-15(14)4-7-22;/h11,14-15,20H,3-10H2,1-2H3;1H/t14-,15+;. The first-order valence-electron chi connectivity index (χ1n) is 9.48. The molecule has 2 aromatic heterocycles. The lowest BCUT2D eigenvalue weighted by Gasteiger charge is -2.21. The number of aromatic nitrogens is 2. The van der Waals surface area contributed by atoms with Crippen LogP contribution in [0.3, 0.4) is 0 Å². The van der Waals surface area contributed by atoms with E-state index in [9.17, 15) is 9.59 Å². The lowest BCUT2D eigenvalue weighted by Crippen LogP contribution is -2.34. The molecule has 0 aliphatic carbocycles. The van der Waals surface area contributed by atoms with E-state index in [-0.39, 0.29) is 23.9 Å². The van der Waals surface area contributed by atoms with Gasteiger partial charge in [-0.2, -0.15) is 0 Å². The van der Waals surface area contributed by atoms with Crippen LogP contribution in [0.2, 0.25) is 0 Å². The van der Waals surface area contributed by atoms with Gasteiger partial charge in [-0.15, -0.1) is 23.7 Å². The number of thiophene rings is 1. The molecule has 1 amide bonds. The second-order valence-electron chi connectivity index (χ2n) is 7.59. The number of likely N-dealkylation sites (tertiary alicyclic amines) is 1. The zero-order valence-electron chi connectivity index (χ0n) is 15.9. The molecule has 2 aromatic rings. The Balaban J connectivity index is 0.00000210. The van der Waals surface area contributed by atoms with Crippen molar-refractivity contribution in [3.8, 4) is 0 Å². The van der Waals surface area contributed by atoms with Gasteiger partial charge in [0.2, 0.25) is 5.91 Å². The molecular weight excluding hydrogens is 384 g/mol. The van der Waals surface area contributed by atoms with Crippen molar-refractivity contribution in [3.05, 3.63) is 27.1 Å². The Morgan fingerprint density at radius 2 is 1.93 bits per heavy atom. The van der Waals surface area contributed by atoms with E-state index in [1.165, 1.54) is 0 Å². The maximum Gasteiger partial charge on any atom is 0.262 e. The first-order valence-corrected chi connectivity index (χ1v) is 10.3. The van der Waals surface area contributed by atoms with E-state index in [2.05, 4.69) is 10.3 Å². The molecule has 0 saturated carbocycles. The van der Waals surface area contributed by atoms with Gasteiger partial charge < -0.3 is 10.2 Å². The molecule has 2 aliphatic rings. The Bertz CT molecular complexity index is 880. The van der Waals surface area contributed by atoms with Crippen molar-refractivity contribution in [1.82, 2.24) is 19.8 Å². The molecular formula is C19H27ClN4O2S. The first kappa shape index (κ1) is 20.3. The van der Waals surface area contributed by atoms with Crippen molar-refractivity contribution in [2.75, 3.05) is 26.2 Å². The van der Waals surface area contributed by atoms with Gasteiger partial charge in [-0.3, -0.25) is 14.2 Å². The summed E-state index contributed by atoms with van der Waals surface area (Å²) in [5, 5.41) is 4.17. The summed E-state index contributed by atoms with van der Waals surface area (Å²) >= 11 is 1.55. The SMILES string of the molecule is Cc1sc2ncn(CCC(=O)N3CC[C@@H]4CNC[C@@H]4CC3)c(=O)c2c1C.Cl. The first-order chi connectivity index (χ1) is 12.5. The molecule has 0 unspecified atom stereocenters. The van der Waals surface area contributed by atoms with Crippen LogP contribution in [0.15, 0.2) is 11.1 Å². The van der Waals surface area contributed by atoms with Gasteiger partial charge in [-0.25, -0.2) is 4.98 Å². The summed E-state index contributed by atoms with van der Waals surface area (Å²) < 4.78 is 1.59. The van der Waals surface area contributed by atoms with Gasteiger partial charge in [-0.05, 0) is 57.2 Å². The predicted octanol–water partition coefficient (Wildman–Crippen LogP) is 2.34. The van der Waals surface area contributed by atoms with E-state index in [0.717, 1.165) is 54.3 Å². The molecule has 2 fully saturated rings. The fraction of sp³-hybridized carbons (Fsp3) is 0.632. The number of nitrogens with zero attached hydrogens (tertiary/aromatic N) is 3. The van der Waals surface area contributed by atoms with Crippen LogP contribution in [0.4, 0.5) is 0 Å². The Morgan fingerprint density at radius 1 is 1.26 bits per heavy atom. The number of aryl methyl sites for hydroxylation is 3. The Labute approximate surface area is 169 Å². The molecule has 6 nitrogen and oxygen atoms in total. The number of nitrogens with one attached hydrogen (secondary N) is 1. The molecule has 0 bridgehead atoms. The number of rotatable bonds is 3. The van der Waals surface area contributed by atoms with E-state index in [4.69, 9.17) is 0 Å². The summed E-state index contributed by atoms with van der Waals surface area (Å²) in [6.45, 7) is 8.25. The molecule has 27 heavy (non-hydrogen) atoms. The predicted molar refractivity (Wildman–Crippen MR) is 111 cm³/mol. The van der Waals surface area contributed by atoms with E-state index < -0.39 is 0 Å². The zero-order chi connectivity index (χ0) is 18.3. The molecule has 0 aromatic carbocycles. The van der Waals surface area contributed by atoms with Gasteiger partial charge in [0.05, 0.1) is 11.7 Å². The third kappa shape index (κ3) is 3.91. The Kier molecular flexibility index (Phi) is 6.23. The quantitative estimate of drug-likeness (QED) is 0.843. The van der Waals surface area contributed by atoms with E-state index in [1.807, 2.05) is 18.7 Å². The fourth-order valence-corrected chi connectivity index (χ4v) is 5.26. The summed E-state index contributed by atoms with van der Waals surface area (Å²) in [5.74, 6) is 1.59. The lowest BCUT2D eigenvalue weighted by molar-refractivity contribution is -0.131. The van der Waals surface area contributed by atoms with Crippen molar-refractivity contribution in [1.29, 1.82) is 0 Å². The van der Waals surface area contributed by atoms with E-state index in [0.29, 0.717) is 30.2 Å². The van der Waals surface area contributed by atoms with Crippen LogP contribution < -0.4 is 10.9 Å². The van der Waals surface area contributed by atoms with Crippen LogP contribution in [-0.2, 0) is 11.3 Å². The summed E-state index contributed by atoms with van der Waals surface area (Å²) in [4.78, 5) is 33.7. The summed E-state index contributed by atoms with van der Waals surface area (Å²) in [6, 6.07) is 0. The maximum atomic E-state index is 12.7. The monoisotopic (exact) mass is 410 g/mol. The largest absolute Gasteiger partial charge is 0.343 e. The lowest BCUT2D eigenvalue weighted by atomic mass is 9.92. The average Bonchev–Trinajstić information content (AvgIpc) is 3.12. The van der Waals surface area contributed by atoms with Gasteiger partial charge in [0, 0.05) is 30.9 Å². The smallest absolute Gasteiger partial charge is 0.262 e. The van der Waals surface area contributed by atoms with Crippen molar-refractivity contribution in [2.45, 2.75) is 39.7 Å². The molecule has 2 atom stereocenters. The summed E-state index contributed by atoms with van der Waals surface area (Å²) in [5.41, 5.74) is 0.983. The minimum absolute atomic E-state index is 0. The van der Waals surface area contributed by atoms with Gasteiger partial charge in [0.1, 0.15) is 4.83 Å². The van der Waals surface area contributed by atoms with Crippen LogP contribution in [0.25, 0.3) is 10.2 Å². The highest BCUT2D eigenvalue weighted by atomic mass is 35.5. The van der Waals surface area contributed by atoms with Gasteiger partial charge in [-0.1, -0.05) is 0 Å². The normalized spacial score (nSPS) is 22.4. The molecule has 0 radical (unpaired) electrons. The van der Waals surface area contributed by atoms with Crippen molar-refractivity contribution in [3.63, 3.8) is 0 Å². The van der Waals surface area contributed by atoms with E-state index >= 15 is 0 Å². The zero-order valence-corrected chi connectivity index (χ0v) is 17.5. The Morgan fingerprint density at radius 3 is 2.59 bits per heavy atom. The number of carbonyl (C=O) groups is 1. The number of hydrogen-bond donors (Lipinski definition) is 1. The summed E-state index contributed by atoms with van der Waals surface area (Å²) in [7, 11) is 0. The van der Waals surface area contributed by atoms with E-state index in [1.54, 1.807) is 22.2 Å². The topological polar surface area (TPSA) is 67.2 Å². The maximum absolute atomic E-state index is 12.7. The number of hydrogen-bond acceptors (Lipinski definition) is 5. The molecule has 148 valence electrons. The van der Waals surface area contributed by atoms with Crippen LogP contribution in [0.5, 0.6) is 0 Å². The average molecular weight is 411 g/mol. The molecule has 1 N–H and O–H groups in total. The number of carbonyl (C=O) groups excluding carboxylic acids is 1. The van der Waals surface area contributed by atoms with Gasteiger partial charge in [0.25, 0.3) is 5.56 Å². The van der Waals surface area contributed by atoms with Crippen LogP contribution in [0.1, 0.15) is 29.7 Å². The Hall–Kier alpha value is -1.44.